The average molecular weight is 554 g/mol. The third kappa shape index (κ3) is 4.74. The van der Waals surface area contributed by atoms with Crippen LogP contribution >= 0.6 is 11.6 Å². The maximum Gasteiger partial charge on any atom is 0.511 e. The fraction of sp³-hybridized carbons (Fsp3) is 0.231. The van der Waals surface area contributed by atoms with Crippen molar-refractivity contribution in [2.24, 2.45) is 0 Å². The van der Waals surface area contributed by atoms with Crippen LogP contribution in [0.1, 0.15) is 24.0 Å². The Bertz CT molecular complexity index is 1430. The highest BCUT2D eigenvalue weighted by atomic mass is 35.5. The fourth-order valence-corrected chi connectivity index (χ4v) is 4.67. The van der Waals surface area contributed by atoms with Crippen LogP contribution in [-0.2, 0) is 10.4 Å². The van der Waals surface area contributed by atoms with Crippen LogP contribution in [0.3, 0.4) is 0 Å². The molecule has 2 N–H and O–H groups in total. The average Bonchev–Trinajstić information content (AvgIpc) is 2.85. The summed E-state index contributed by atoms with van der Waals surface area (Å²) in [6.45, 7) is 0.873. The minimum Gasteiger partial charge on any atom is -0.482 e. The number of anilines is 1. The van der Waals surface area contributed by atoms with Crippen molar-refractivity contribution in [2.75, 3.05) is 18.6 Å². The van der Waals surface area contributed by atoms with Crippen molar-refractivity contribution < 1.29 is 46.8 Å². The number of carbonyl (C=O) groups excluding carboxylic acids is 1. The summed E-state index contributed by atoms with van der Waals surface area (Å²) >= 11 is 6.35. The number of likely N-dealkylation sites (N-methyl/N-ethyl adjacent to an activating group) is 1. The summed E-state index contributed by atoms with van der Waals surface area (Å²) in [4.78, 5) is 23.9. The van der Waals surface area contributed by atoms with Gasteiger partial charge in [0.2, 0.25) is 0 Å². The lowest BCUT2D eigenvalue weighted by molar-refractivity contribution is -0.274. The zero-order chi connectivity index (χ0) is 28.0. The molecule has 0 saturated heterocycles. The molecule has 1 amide bonds. The molecule has 3 aromatic carbocycles. The van der Waals surface area contributed by atoms with Gasteiger partial charge in [-0.1, -0.05) is 36.7 Å². The molecule has 0 bridgehead atoms. The number of halogens is 5. The number of aliphatic hydroxyl groups is 1. The Balaban J connectivity index is 1.77. The predicted octanol–water partition coefficient (Wildman–Crippen LogP) is 6.11. The summed E-state index contributed by atoms with van der Waals surface area (Å²) in [6.07, 6.45) is -6.78. The molecule has 7 nitrogen and oxygen atoms in total. The number of ether oxygens (including phenoxy) is 2. The van der Waals surface area contributed by atoms with Crippen molar-refractivity contribution in [3.05, 3.63) is 76.6 Å². The van der Waals surface area contributed by atoms with E-state index in [1.54, 1.807) is 0 Å². The Kier molecular flexibility index (Phi) is 7.02. The van der Waals surface area contributed by atoms with Crippen LogP contribution < -0.4 is 14.4 Å². The zero-order valence-corrected chi connectivity index (χ0v) is 20.6. The molecular formula is C26H20ClF4NO6. The van der Waals surface area contributed by atoms with Crippen LogP contribution in [0, 0.1) is 5.82 Å². The highest BCUT2D eigenvalue weighted by molar-refractivity contribution is 6.31. The molecule has 0 fully saturated rings. The quantitative estimate of drug-likeness (QED) is 0.225. The van der Waals surface area contributed by atoms with E-state index < -0.39 is 41.1 Å². The summed E-state index contributed by atoms with van der Waals surface area (Å²) < 4.78 is 67.8. The summed E-state index contributed by atoms with van der Waals surface area (Å²) in [5.41, 5.74) is -3.96. The van der Waals surface area contributed by atoms with Crippen molar-refractivity contribution in [3.63, 3.8) is 0 Å². The number of rotatable bonds is 5. The van der Waals surface area contributed by atoms with Crippen LogP contribution in [0.25, 0.3) is 11.1 Å². The fourth-order valence-electron chi connectivity index (χ4n) is 4.33. The number of hydrogen-bond acceptors (Lipinski definition) is 5. The van der Waals surface area contributed by atoms with E-state index in [2.05, 4.69) is 4.74 Å². The van der Waals surface area contributed by atoms with E-state index in [4.69, 9.17) is 21.4 Å². The molecule has 0 aromatic heterocycles. The van der Waals surface area contributed by atoms with Gasteiger partial charge in [0.05, 0.1) is 5.69 Å². The second-order valence-corrected chi connectivity index (χ2v) is 9.06. The highest BCUT2D eigenvalue weighted by Crippen LogP contribution is 2.51. The summed E-state index contributed by atoms with van der Waals surface area (Å²) in [5, 5.41) is 19.8. The predicted molar refractivity (Wildman–Crippen MR) is 129 cm³/mol. The lowest BCUT2D eigenvalue weighted by atomic mass is 9.77. The summed E-state index contributed by atoms with van der Waals surface area (Å²) in [7, 11) is 1.38. The first-order valence-electron chi connectivity index (χ1n) is 11.1. The standard InChI is InChI=1S/C26H20ClF4NO6/c1-13(17-6-3-14(9-19(17)27)18-11-16(38-24(34)35)5-7-20(18)28)25(36,26(29,30)31)15-4-8-22-21(10-15)32(2)23(33)12-37-22/h3-11,13,36H,12H2,1-2H3,(H,34,35). The van der Waals surface area contributed by atoms with Gasteiger partial charge in [-0.3, -0.25) is 4.79 Å². The van der Waals surface area contributed by atoms with Gasteiger partial charge in [-0.25, -0.2) is 9.18 Å². The lowest BCUT2D eigenvalue weighted by Crippen LogP contribution is -2.47. The second kappa shape index (κ2) is 9.80. The number of alkyl halides is 3. The maximum atomic E-state index is 14.5. The largest absolute Gasteiger partial charge is 0.511 e. The number of hydrogen-bond donors (Lipinski definition) is 2. The minimum absolute atomic E-state index is 0.0639. The van der Waals surface area contributed by atoms with E-state index in [1.165, 1.54) is 31.3 Å². The molecule has 1 aliphatic heterocycles. The topological polar surface area (TPSA) is 96.3 Å². The van der Waals surface area contributed by atoms with Crippen LogP contribution in [0.4, 0.5) is 28.0 Å². The molecule has 0 spiro atoms. The molecule has 0 radical (unpaired) electrons. The van der Waals surface area contributed by atoms with Crippen molar-refractivity contribution in [1.29, 1.82) is 0 Å². The molecule has 1 heterocycles. The smallest absolute Gasteiger partial charge is 0.482 e. The van der Waals surface area contributed by atoms with E-state index in [-0.39, 0.29) is 45.5 Å². The van der Waals surface area contributed by atoms with Gasteiger partial charge in [0.25, 0.3) is 5.91 Å². The lowest BCUT2D eigenvalue weighted by Gasteiger charge is -2.38. The molecule has 4 rings (SSSR count). The van der Waals surface area contributed by atoms with Gasteiger partial charge in [0.15, 0.2) is 12.2 Å². The van der Waals surface area contributed by atoms with E-state index in [0.29, 0.717) is 0 Å². The molecule has 38 heavy (non-hydrogen) atoms. The first kappa shape index (κ1) is 27.2. The SMILES string of the molecule is CC(c1ccc(-c2cc(OC(=O)O)ccc2F)cc1Cl)C(O)(c1ccc2c(c1)N(C)C(=O)CO2)C(F)(F)F. The number of carboxylic acid groups (broad SMARTS) is 1. The van der Waals surface area contributed by atoms with Crippen LogP contribution in [0.2, 0.25) is 5.02 Å². The zero-order valence-electron chi connectivity index (χ0n) is 19.8. The Morgan fingerprint density at radius 3 is 2.47 bits per heavy atom. The maximum absolute atomic E-state index is 14.5. The monoisotopic (exact) mass is 553 g/mol. The number of amides is 1. The normalized spacial score (nSPS) is 15.8. The van der Waals surface area contributed by atoms with Gasteiger partial charge >= 0.3 is 12.3 Å². The molecule has 0 saturated carbocycles. The Hall–Kier alpha value is -3.83. The number of nitrogens with zero attached hydrogens (tertiary/aromatic N) is 1. The first-order chi connectivity index (χ1) is 17.7. The number of fused-ring (bicyclic) bond motifs is 1. The third-order valence-electron chi connectivity index (χ3n) is 6.47. The molecule has 200 valence electrons. The van der Waals surface area contributed by atoms with E-state index in [0.717, 1.165) is 42.2 Å². The van der Waals surface area contributed by atoms with Gasteiger partial charge in [0.1, 0.15) is 17.3 Å². The number of carbonyl (C=O) groups is 2. The summed E-state index contributed by atoms with van der Waals surface area (Å²) in [5.74, 6) is -2.86. The Labute approximate surface area is 218 Å². The molecule has 1 aliphatic rings. The van der Waals surface area contributed by atoms with Gasteiger partial charge in [-0.2, -0.15) is 13.2 Å². The molecular weight excluding hydrogens is 534 g/mol. The molecule has 3 aromatic rings. The molecule has 0 aliphatic carbocycles. The Morgan fingerprint density at radius 2 is 1.84 bits per heavy atom. The first-order valence-corrected chi connectivity index (χ1v) is 11.4. The van der Waals surface area contributed by atoms with Crippen LogP contribution in [-0.4, -0.2) is 42.1 Å². The van der Waals surface area contributed by atoms with E-state index in [9.17, 15) is 32.3 Å². The highest BCUT2D eigenvalue weighted by Gasteiger charge is 2.59. The Morgan fingerprint density at radius 1 is 1.13 bits per heavy atom. The second-order valence-electron chi connectivity index (χ2n) is 8.66. The van der Waals surface area contributed by atoms with Crippen molar-refractivity contribution in [1.82, 2.24) is 0 Å². The minimum atomic E-state index is -5.17. The van der Waals surface area contributed by atoms with E-state index in [1.807, 2.05) is 0 Å². The van der Waals surface area contributed by atoms with E-state index >= 15 is 0 Å². The van der Waals surface area contributed by atoms with Gasteiger partial charge in [0, 0.05) is 23.6 Å². The van der Waals surface area contributed by atoms with Gasteiger partial charge in [-0.05, 0) is 53.1 Å². The summed E-state index contributed by atoms with van der Waals surface area (Å²) in [6, 6.07) is 10.3. The van der Waals surface area contributed by atoms with Crippen molar-refractivity contribution >= 4 is 29.4 Å². The molecule has 2 unspecified atom stereocenters. The van der Waals surface area contributed by atoms with Crippen molar-refractivity contribution in [2.45, 2.75) is 24.6 Å². The van der Waals surface area contributed by atoms with Crippen molar-refractivity contribution in [3.8, 4) is 22.6 Å². The third-order valence-corrected chi connectivity index (χ3v) is 6.79. The van der Waals surface area contributed by atoms with Gasteiger partial charge in [-0.15, -0.1) is 0 Å². The molecule has 12 heteroatoms. The van der Waals surface area contributed by atoms with Crippen LogP contribution in [0.15, 0.2) is 54.6 Å². The van der Waals surface area contributed by atoms with Crippen LogP contribution in [0.5, 0.6) is 11.5 Å². The number of benzene rings is 3. The van der Waals surface area contributed by atoms with Gasteiger partial charge < -0.3 is 24.6 Å². The molecule has 2 atom stereocenters.